The number of oxazole rings is 1. The first-order valence-electron chi connectivity index (χ1n) is 10.2. The Morgan fingerprint density at radius 3 is 2.80 bits per heavy atom. The lowest BCUT2D eigenvalue weighted by Gasteiger charge is -2.34. The molecule has 0 bridgehead atoms. The van der Waals surface area contributed by atoms with Gasteiger partial charge in [-0.25, -0.2) is 9.97 Å². The number of benzene rings is 1. The summed E-state index contributed by atoms with van der Waals surface area (Å²) in [6.07, 6.45) is 1.91. The maximum absolute atomic E-state index is 12.6. The molecule has 1 aliphatic rings. The molecular formula is C22H23ClN4O2S. The number of likely N-dealkylation sites (tertiary alicyclic amines) is 1. The molecule has 4 aromatic rings. The van der Waals surface area contributed by atoms with Crippen molar-refractivity contribution in [3.05, 3.63) is 55.7 Å². The summed E-state index contributed by atoms with van der Waals surface area (Å²) in [6, 6.07) is 5.59. The molecule has 8 heteroatoms. The third kappa shape index (κ3) is 3.35. The van der Waals surface area contributed by atoms with Crippen LogP contribution in [0.3, 0.4) is 0 Å². The fourth-order valence-corrected chi connectivity index (χ4v) is 5.47. The normalized spacial score (nSPS) is 17.2. The van der Waals surface area contributed by atoms with E-state index >= 15 is 0 Å². The van der Waals surface area contributed by atoms with Crippen molar-refractivity contribution >= 4 is 44.3 Å². The number of halogens is 1. The molecule has 1 N–H and O–H groups in total. The molecular weight excluding hydrogens is 420 g/mol. The highest BCUT2D eigenvalue weighted by Crippen LogP contribution is 2.34. The summed E-state index contributed by atoms with van der Waals surface area (Å²) in [7, 11) is 0. The summed E-state index contributed by atoms with van der Waals surface area (Å²) >= 11 is 7.66. The number of rotatable bonds is 3. The first kappa shape index (κ1) is 19.7. The second-order valence-corrected chi connectivity index (χ2v) is 9.70. The van der Waals surface area contributed by atoms with Gasteiger partial charge in [0.1, 0.15) is 16.2 Å². The zero-order valence-corrected chi connectivity index (χ0v) is 18.7. The summed E-state index contributed by atoms with van der Waals surface area (Å²) in [5.41, 5.74) is 2.58. The van der Waals surface area contributed by atoms with E-state index < -0.39 is 0 Å². The fourth-order valence-electron chi connectivity index (χ4n) is 4.27. The molecule has 5 rings (SSSR count). The van der Waals surface area contributed by atoms with E-state index in [-0.39, 0.29) is 17.5 Å². The van der Waals surface area contributed by atoms with Gasteiger partial charge in [-0.1, -0.05) is 11.6 Å². The second-order valence-electron chi connectivity index (χ2n) is 8.06. The molecule has 30 heavy (non-hydrogen) atoms. The Morgan fingerprint density at radius 2 is 2.03 bits per heavy atom. The highest BCUT2D eigenvalue weighted by molar-refractivity contribution is 7.18. The number of aromatic amines is 1. The molecule has 0 spiro atoms. The van der Waals surface area contributed by atoms with Gasteiger partial charge in [-0.05, 0) is 70.5 Å². The molecule has 3 aromatic heterocycles. The number of hydrogen-bond donors (Lipinski definition) is 1. The number of fused-ring (bicyclic) bond motifs is 2. The number of aryl methyl sites for hydroxylation is 2. The predicted octanol–water partition coefficient (Wildman–Crippen LogP) is 5.34. The average molecular weight is 443 g/mol. The van der Waals surface area contributed by atoms with E-state index in [4.69, 9.17) is 21.0 Å². The average Bonchev–Trinajstić information content (AvgIpc) is 3.28. The monoisotopic (exact) mass is 442 g/mol. The van der Waals surface area contributed by atoms with E-state index in [1.54, 1.807) is 11.3 Å². The van der Waals surface area contributed by atoms with Crippen LogP contribution in [0.4, 0.5) is 0 Å². The lowest BCUT2D eigenvalue weighted by molar-refractivity contribution is 0.150. The summed E-state index contributed by atoms with van der Waals surface area (Å²) < 4.78 is 5.97. The van der Waals surface area contributed by atoms with Crippen molar-refractivity contribution in [2.45, 2.75) is 45.6 Å². The van der Waals surface area contributed by atoms with Gasteiger partial charge in [0.25, 0.3) is 5.56 Å². The zero-order valence-electron chi connectivity index (χ0n) is 17.2. The Labute approximate surface area is 182 Å². The smallest absolute Gasteiger partial charge is 0.259 e. The molecule has 0 radical (unpaired) electrons. The number of aromatic nitrogens is 3. The minimum Gasteiger partial charge on any atom is -0.440 e. The van der Waals surface area contributed by atoms with Crippen LogP contribution in [0, 0.1) is 13.8 Å². The van der Waals surface area contributed by atoms with Crippen molar-refractivity contribution in [1.82, 2.24) is 19.9 Å². The minimum absolute atomic E-state index is 0.0382. The zero-order chi connectivity index (χ0) is 21.0. The number of nitrogens with zero attached hydrogens (tertiary/aromatic N) is 3. The van der Waals surface area contributed by atoms with E-state index in [1.165, 1.54) is 0 Å². The van der Waals surface area contributed by atoms with Crippen molar-refractivity contribution in [3.8, 4) is 0 Å². The van der Waals surface area contributed by atoms with Crippen molar-refractivity contribution in [2.75, 3.05) is 13.1 Å². The fraction of sp³-hybridized carbons (Fsp3) is 0.409. The third-order valence-corrected chi connectivity index (χ3v) is 7.58. The van der Waals surface area contributed by atoms with Gasteiger partial charge in [0, 0.05) is 15.8 Å². The molecule has 6 nitrogen and oxygen atoms in total. The van der Waals surface area contributed by atoms with Gasteiger partial charge in [-0.3, -0.25) is 9.69 Å². The lowest BCUT2D eigenvalue weighted by atomic mass is 9.95. The van der Waals surface area contributed by atoms with E-state index in [9.17, 15) is 4.79 Å². The highest BCUT2D eigenvalue weighted by Gasteiger charge is 2.29. The van der Waals surface area contributed by atoms with Crippen LogP contribution < -0.4 is 5.56 Å². The van der Waals surface area contributed by atoms with Crippen molar-refractivity contribution in [2.24, 2.45) is 0 Å². The number of hydrogen-bond acceptors (Lipinski definition) is 6. The Kier molecular flexibility index (Phi) is 4.92. The first-order chi connectivity index (χ1) is 14.4. The van der Waals surface area contributed by atoms with Gasteiger partial charge < -0.3 is 9.40 Å². The first-order valence-corrected chi connectivity index (χ1v) is 11.4. The Hall–Kier alpha value is -2.22. The minimum atomic E-state index is -0.0382. The van der Waals surface area contributed by atoms with E-state index in [1.807, 2.05) is 32.0 Å². The molecule has 1 aliphatic heterocycles. The summed E-state index contributed by atoms with van der Waals surface area (Å²) in [5.74, 6) is 1.82. The van der Waals surface area contributed by atoms with Crippen LogP contribution in [0.2, 0.25) is 5.02 Å². The Morgan fingerprint density at radius 1 is 1.27 bits per heavy atom. The van der Waals surface area contributed by atoms with Gasteiger partial charge in [0.05, 0.1) is 11.4 Å². The van der Waals surface area contributed by atoms with Crippen molar-refractivity contribution in [1.29, 1.82) is 0 Å². The van der Waals surface area contributed by atoms with E-state index in [0.717, 1.165) is 69.4 Å². The maximum atomic E-state index is 12.6. The molecule has 0 amide bonds. The molecule has 0 saturated carbocycles. The van der Waals surface area contributed by atoms with E-state index in [2.05, 4.69) is 21.8 Å². The molecule has 1 fully saturated rings. The van der Waals surface area contributed by atoms with Crippen molar-refractivity contribution in [3.63, 3.8) is 0 Å². The van der Waals surface area contributed by atoms with Gasteiger partial charge >= 0.3 is 0 Å². The number of nitrogens with one attached hydrogen (secondary N) is 1. The third-order valence-electron chi connectivity index (χ3n) is 6.25. The molecule has 156 valence electrons. The van der Waals surface area contributed by atoms with Crippen LogP contribution in [0.1, 0.15) is 53.9 Å². The summed E-state index contributed by atoms with van der Waals surface area (Å²) in [4.78, 5) is 29.4. The molecule has 1 atom stereocenters. The largest absolute Gasteiger partial charge is 0.440 e. The quantitative estimate of drug-likeness (QED) is 0.463. The summed E-state index contributed by atoms with van der Waals surface area (Å²) in [6.45, 7) is 7.93. The molecule has 1 aromatic carbocycles. The SMILES string of the molecule is Cc1sc2nc(C(C)N3CCC(c4nc5cc(Cl)ccc5o4)CC3)[nH]c(=O)c2c1C. The molecule has 4 heterocycles. The van der Waals surface area contributed by atoms with Crippen LogP contribution in [-0.4, -0.2) is 32.9 Å². The standard InChI is InChI=1S/C22H23ClN4O2S/c1-11-13(3)30-22-18(11)20(28)25-19(26-22)12(2)27-8-6-14(7-9-27)21-24-16-10-15(23)4-5-17(16)29-21/h4-5,10,12,14H,6-9H2,1-3H3,(H,25,26,28). The van der Waals surface area contributed by atoms with Gasteiger partial charge in [0.15, 0.2) is 11.5 Å². The highest BCUT2D eigenvalue weighted by atomic mass is 35.5. The van der Waals surface area contributed by atoms with Crippen LogP contribution in [-0.2, 0) is 0 Å². The second kappa shape index (κ2) is 7.48. The van der Waals surface area contributed by atoms with Crippen LogP contribution in [0.5, 0.6) is 0 Å². The van der Waals surface area contributed by atoms with Gasteiger partial charge in [-0.15, -0.1) is 11.3 Å². The van der Waals surface area contributed by atoms with Gasteiger partial charge in [-0.2, -0.15) is 0 Å². The number of thiophene rings is 1. The summed E-state index contributed by atoms with van der Waals surface area (Å²) in [5, 5.41) is 1.39. The van der Waals surface area contributed by atoms with Crippen molar-refractivity contribution < 1.29 is 4.42 Å². The lowest BCUT2D eigenvalue weighted by Crippen LogP contribution is -2.36. The Bertz CT molecular complexity index is 1300. The van der Waals surface area contributed by atoms with Crippen LogP contribution >= 0.6 is 22.9 Å². The van der Waals surface area contributed by atoms with Crippen LogP contribution in [0.15, 0.2) is 27.4 Å². The van der Waals surface area contributed by atoms with Gasteiger partial charge in [0.2, 0.25) is 0 Å². The molecule has 0 aliphatic carbocycles. The molecule has 1 unspecified atom stereocenters. The molecule has 1 saturated heterocycles. The number of H-pyrrole nitrogens is 1. The number of piperidine rings is 1. The van der Waals surface area contributed by atoms with Crippen LogP contribution in [0.25, 0.3) is 21.3 Å². The maximum Gasteiger partial charge on any atom is 0.259 e. The van der Waals surface area contributed by atoms with E-state index in [0.29, 0.717) is 5.02 Å². The predicted molar refractivity (Wildman–Crippen MR) is 121 cm³/mol. The Balaban J connectivity index is 1.33. The topological polar surface area (TPSA) is 75.0 Å².